The molecule has 0 saturated heterocycles. The summed E-state index contributed by atoms with van der Waals surface area (Å²) in [4.78, 5) is 13.3. The van der Waals surface area contributed by atoms with E-state index in [1.807, 2.05) is 19.1 Å². The Hall–Kier alpha value is -0.436. The normalized spacial score (nSPS) is 15.3. The minimum absolute atomic E-state index is 0.0673. The Morgan fingerprint density at radius 1 is 0.909 bits per heavy atom. The number of rotatable bonds is 12. The molecule has 1 unspecified atom stereocenters. The van der Waals surface area contributed by atoms with E-state index in [0.29, 0.717) is 6.61 Å². The van der Waals surface area contributed by atoms with Gasteiger partial charge in [0.2, 0.25) is 0 Å². The van der Waals surface area contributed by atoms with Gasteiger partial charge < -0.3 is 9.16 Å². The number of esters is 1. The molecular formula is C27H49BrO3Si2. The van der Waals surface area contributed by atoms with Gasteiger partial charge in [-0.2, -0.15) is 0 Å². The monoisotopic (exact) mass is 556 g/mol. The maximum absolute atomic E-state index is 13.3. The van der Waals surface area contributed by atoms with Gasteiger partial charge in [-0.15, -0.1) is 0 Å². The molecule has 0 fully saturated rings. The van der Waals surface area contributed by atoms with Crippen LogP contribution in [0.3, 0.4) is 0 Å². The molecule has 1 aromatic rings. The minimum atomic E-state index is -1.77. The Morgan fingerprint density at radius 2 is 1.45 bits per heavy atom. The average Bonchev–Trinajstić information content (AvgIpc) is 2.65. The smallest absolute Gasteiger partial charge is 0.316 e. The molecule has 0 saturated carbocycles. The van der Waals surface area contributed by atoms with Gasteiger partial charge in [0.1, 0.15) is 0 Å². The van der Waals surface area contributed by atoms with E-state index in [2.05, 4.69) is 95.4 Å². The first-order valence-corrected chi connectivity index (χ1v) is 19.8. The Bertz CT molecular complexity index is 761. The van der Waals surface area contributed by atoms with E-state index in [1.165, 1.54) is 0 Å². The number of halogens is 1. The van der Waals surface area contributed by atoms with E-state index in [0.717, 1.165) is 41.9 Å². The zero-order valence-electron chi connectivity index (χ0n) is 23.2. The van der Waals surface area contributed by atoms with Crippen molar-refractivity contribution in [3.63, 3.8) is 0 Å². The van der Waals surface area contributed by atoms with Crippen molar-refractivity contribution in [3.05, 3.63) is 34.3 Å². The first kappa shape index (κ1) is 30.6. The lowest BCUT2D eigenvalue weighted by Crippen LogP contribution is -2.43. The van der Waals surface area contributed by atoms with E-state index in [4.69, 9.17) is 9.16 Å². The highest BCUT2D eigenvalue weighted by Gasteiger charge is 2.40. The highest BCUT2D eigenvalue weighted by atomic mass is 79.9. The van der Waals surface area contributed by atoms with Gasteiger partial charge in [0.05, 0.1) is 12.0 Å². The van der Waals surface area contributed by atoms with Gasteiger partial charge in [0, 0.05) is 19.2 Å². The van der Waals surface area contributed by atoms with E-state index in [9.17, 15) is 4.79 Å². The van der Waals surface area contributed by atoms with Gasteiger partial charge in [-0.05, 0) is 67.1 Å². The van der Waals surface area contributed by atoms with Gasteiger partial charge in [-0.25, -0.2) is 0 Å². The minimum Gasteiger partial charge on any atom is -0.465 e. The van der Waals surface area contributed by atoms with Crippen molar-refractivity contribution in [2.75, 3.05) is 13.2 Å². The van der Waals surface area contributed by atoms with Gasteiger partial charge in [0.15, 0.2) is 8.32 Å². The van der Waals surface area contributed by atoms with E-state index < -0.39 is 21.8 Å². The summed E-state index contributed by atoms with van der Waals surface area (Å²) < 4.78 is 13.4. The number of benzene rings is 1. The number of carbonyl (C=O) groups is 1. The molecule has 0 bridgehead atoms. The van der Waals surface area contributed by atoms with Crippen LogP contribution in [-0.4, -0.2) is 35.6 Å². The van der Waals surface area contributed by atoms with E-state index in [-0.39, 0.29) is 16.4 Å². The van der Waals surface area contributed by atoms with Crippen molar-refractivity contribution >= 4 is 38.3 Å². The summed E-state index contributed by atoms with van der Waals surface area (Å²) in [5.74, 6) is -0.0987. The van der Waals surface area contributed by atoms with Gasteiger partial charge in [0.25, 0.3) is 0 Å². The molecule has 0 heterocycles. The summed E-state index contributed by atoms with van der Waals surface area (Å²) in [6, 6.07) is 9.12. The molecule has 0 spiro atoms. The van der Waals surface area contributed by atoms with Crippen molar-refractivity contribution in [1.82, 2.24) is 0 Å². The largest absolute Gasteiger partial charge is 0.465 e. The number of hydrogen-bond donors (Lipinski definition) is 0. The third-order valence-electron chi connectivity index (χ3n) is 7.18. The maximum Gasteiger partial charge on any atom is 0.316 e. The van der Waals surface area contributed by atoms with E-state index >= 15 is 0 Å². The van der Waals surface area contributed by atoms with Crippen LogP contribution >= 0.6 is 15.9 Å². The zero-order chi connectivity index (χ0) is 25.7. The molecule has 1 aromatic carbocycles. The first-order chi connectivity index (χ1) is 14.8. The molecular weight excluding hydrogens is 508 g/mol. The van der Waals surface area contributed by atoms with Crippen LogP contribution in [0.2, 0.25) is 43.8 Å². The predicted molar refractivity (Wildman–Crippen MR) is 151 cm³/mol. The lowest BCUT2D eigenvalue weighted by Gasteiger charge is -2.39. The zero-order valence-corrected chi connectivity index (χ0v) is 26.7. The van der Waals surface area contributed by atoms with Crippen molar-refractivity contribution in [3.8, 4) is 0 Å². The second-order valence-corrected chi connectivity index (χ2v) is 24.7. The number of ether oxygens (including phenoxy) is 1. The topological polar surface area (TPSA) is 35.5 Å². The molecule has 1 rings (SSSR count). The average molecular weight is 558 g/mol. The maximum atomic E-state index is 13.3. The van der Waals surface area contributed by atoms with Crippen LogP contribution in [0.15, 0.2) is 28.7 Å². The highest BCUT2D eigenvalue weighted by molar-refractivity contribution is 9.10. The molecule has 0 aromatic heterocycles. The van der Waals surface area contributed by atoms with Crippen LogP contribution < -0.4 is 0 Å². The predicted octanol–water partition coefficient (Wildman–Crippen LogP) is 8.81. The quantitative estimate of drug-likeness (QED) is 0.190. The van der Waals surface area contributed by atoms with Crippen LogP contribution in [0.25, 0.3) is 0 Å². The number of carbonyl (C=O) groups excluding carboxylic acids is 1. The van der Waals surface area contributed by atoms with E-state index in [1.54, 1.807) is 0 Å². The van der Waals surface area contributed by atoms with Crippen molar-refractivity contribution in [2.24, 2.45) is 5.41 Å². The van der Waals surface area contributed by atoms with Crippen molar-refractivity contribution in [2.45, 2.75) is 110 Å². The van der Waals surface area contributed by atoms with Crippen LogP contribution in [-0.2, 0) is 19.4 Å². The Morgan fingerprint density at radius 3 is 1.94 bits per heavy atom. The molecule has 0 amide bonds. The molecule has 0 N–H and O–H groups in total. The lowest BCUT2D eigenvalue weighted by molar-refractivity contribution is -0.150. The molecule has 0 radical (unpaired) electrons. The summed E-state index contributed by atoms with van der Waals surface area (Å²) in [5.41, 5.74) is 0.452. The Labute approximate surface area is 214 Å². The van der Waals surface area contributed by atoms with Crippen molar-refractivity contribution in [1.29, 1.82) is 0 Å². The Kier molecular flexibility index (Phi) is 10.7. The second kappa shape index (κ2) is 11.5. The van der Waals surface area contributed by atoms with Gasteiger partial charge in [-0.1, -0.05) is 88.7 Å². The summed E-state index contributed by atoms with van der Waals surface area (Å²) in [7, 11) is -3.02. The van der Waals surface area contributed by atoms with Gasteiger partial charge >= 0.3 is 5.97 Å². The molecule has 3 nitrogen and oxygen atoms in total. The van der Waals surface area contributed by atoms with Crippen molar-refractivity contribution < 1.29 is 14.0 Å². The fourth-order valence-electron chi connectivity index (χ4n) is 3.38. The summed E-state index contributed by atoms with van der Waals surface area (Å²) >= 11 is 3.52. The summed E-state index contributed by atoms with van der Waals surface area (Å²) in [6.07, 6.45) is 2.73. The van der Waals surface area contributed by atoms with Crippen LogP contribution in [0.5, 0.6) is 0 Å². The SMILES string of the molecule is CC(C)(CCCC(C)(C(=O)OCC[Si](C)(C)C)c1ccc(Br)cc1)CO[Si](C)(C)C(C)(C)C. The molecule has 6 heteroatoms. The molecule has 0 aliphatic rings. The Balaban J connectivity index is 2.87. The summed E-state index contributed by atoms with van der Waals surface area (Å²) in [5, 5.41) is 0.211. The third-order valence-corrected chi connectivity index (χ3v) is 13.9. The first-order valence-electron chi connectivity index (χ1n) is 12.4. The van der Waals surface area contributed by atoms with Gasteiger partial charge in [-0.3, -0.25) is 4.79 Å². The molecule has 1 atom stereocenters. The van der Waals surface area contributed by atoms with Crippen LogP contribution in [0.4, 0.5) is 0 Å². The standard InChI is InChI=1S/C27H49BrO3Si2/c1-25(2,3)33(10,11)31-21-26(4,5)17-12-18-27(6,22-13-15-23(28)16-14-22)24(29)30-19-20-32(7,8)9/h13-16H,12,17-21H2,1-11H3. The fourth-order valence-corrected chi connectivity index (χ4v) is 5.54. The molecule has 190 valence electrons. The van der Waals surface area contributed by atoms with Crippen LogP contribution in [0, 0.1) is 5.41 Å². The third kappa shape index (κ3) is 9.98. The highest BCUT2D eigenvalue weighted by Crippen LogP contribution is 2.39. The molecule has 0 aliphatic heterocycles. The molecule has 33 heavy (non-hydrogen) atoms. The summed E-state index contributed by atoms with van der Waals surface area (Å²) in [6.45, 7) is 26.3. The fraction of sp³-hybridized carbons (Fsp3) is 0.741. The van der Waals surface area contributed by atoms with Crippen LogP contribution in [0.1, 0.15) is 66.4 Å². The molecule has 0 aliphatic carbocycles. The lowest BCUT2D eigenvalue weighted by atomic mass is 9.76. The second-order valence-electron chi connectivity index (χ2n) is 13.4. The number of hydrogen-bond acceptors (Lipinski definition) is 3.